The average molecular weight is 391 g/mol. The summed E-state index contributed by atoms with van der Waals surface area (Å²) >= 11 is 0. The van der Waals surface area contributed by atoms with E-state index in [2.05, 4.69) is 29.1 Å². The van der Waals surface area contributed by atoms with Crippen LogP contribution in [0.2, 0.25) is 0 Å². The number of carbonyl (C=O) groups is 2. The smallest absolute Gasteiger partial charge is 0.253 e. The van der Waals surface area contributed by atoms with Crippen molar-refractivity contribution in [3.63, 3.8) is 0 Å². The Morgan fingerprint density at radius 1 is 1.17 bits per heavy atom. The van der Waals surface area contributed by atoms with Crippen LogP contribution < -0.4 is 0 Å². The Balaban J connectivity index is 1.32. The molecule has 0 saturated carbocycles. The number of aromatic nitrogens is 4. The highest BCUT2D eigenvalue weighted by atomic mass is 16.2. The second-order valence-electron chi connectivity index (χ2n) is 8.80. The maximum atomic E-state index is 13.0. The fourth-order valence-corrected chi connectivity index (χ4v) is 4.91. The molecule has 5 rings (SSSR count). The first-order valence-corrected chi connectivity index (χ1v) is 10.3. The molecule has 1 aromatic carbocycles. The molecule has 7 nitrogen and oxygen atoms in total. The van der Waals surface area contributed by atoms with Gasteiger partial charge in [0.2, 0.25) is 0 Å². The maximum Gasteiger partial charge on any atom is 0.253 e. The number of carbonyl (C=O) groups excluding carboxylic acids is 2. The zero-order chi connectivity index (χ0) is 20.2. The van der Waals surface area contributed by atoms with Gasteiger partial charge in [-0.2, -0.15) is 10.2 Å². The third-order valence-electron chi connectivity index (χ3n) is 6.53. The molecule has 1 N–H and O–H groups in total. The number of aromatic amines is 1. The molecule has 1 spiro atoms. The van der Waals surface area contributed by atoms with Gasteiger partial charge in [0.15, 0.2) is 5.78 Å². The average Bonchev–Trinajstić information content (AvgIpc) is 3.34. The summed E-state index contributed by atoms with van der Waals surface area (Å²) < 4.78 is 1.86. The fourth-order valence-electron chi connectivity index (χ4n) is 4.91. The molecular weight excluding hydrogens is 366 g/mol. The molecule has 2 aromatic heterocycles. The zero-order valence-electron chi connectivity index (χ0n) is 16.8. The molecule has 1 aliphatic carbocycles. The van der Waals surface area contributed by atoms with Crippen LogP contribution in [0.4, 0.5) is 0 Å². The number of piperidine rings is 1. The van der Waals surface area contributed by atoms with E-state index in [1.165, 1.54) is 0 Å². The molecular formula is C22H25N5O2. The normalized spacial score (nSPS) is 18.6. The number of hydrogen-bond acceptors (Lipinski definition) is 4. The largest absolute Gasteiger partial charge is 0.339 e. The number of ketones is 1. The zero-order valence-corrected chi connectivity index (χ0v) is 16.8. The number of Topliss-reactive ketones (excluding diaryl/α,β-unsaturated/α-hetero) is 1. The second-order valence-corrected chi connectivity index (χ2v) is 8.80. The van der Waals surface area contributed by atoms with Crippen molar-refractivity contribution in [3.05, 3.63) is 47.4 Å². The number of benzene rings is 1. The minimum Gasteiger partial charge on any atom is -0.339 e. The first kappa shape index (κ1) is 18.1. The van der Waals surface area contributed by atoms with Gasteiger partial charge in [-0.05, 0) is 50.7 Å². The van der Waals surface area contributed by atoms with Crippen LogP contribution in [0.1, 0.15) is 65.6 Å². The first-order valence-electron chi connectivity index (χ1n) is 10.3. The van der Waals surface area contributed by atoms with Gasteiger partial charge in [-0.3, -0.25) is 19.4 Å². The topological polar surface area (TPSA) is 83.9 Å². The molecule has 7 heteroatoms. The number of fused-ring (bicyclic) bond motifs is 2. The summed E-state index contributed by atoms with van der Waals surface area (Å²) in [4.78, 5) is 27.8. The Hall–Kier alpha value is -2.96. The third-order valence-corrected chi connectivity index (χ3v) is 6.53. The minimum absolute atomic E-state index is 0.0426. The molecule has 1 amide bonds. The van der Waals surface area contributed by atoms with Gasteiger partial charge >= 0.3 is 0 Å². The highest BCUT2D eigenvalue weighted by molar-refractivity contribution is 5.98. The van der Waals surface area contributed by atoms with E-state index in [-0.39, 0.29) is 23.1 Å². The summed E-state index contributed by atoms with van der Waals surface area (Å²) in [6.07, 6.45) is 6.75. The number of nitrogens with one attached hydrogen (secondary N) is 1. The van der Waals surface area contributed by atoms with Crippen LogP contribution in [0.5, 0.6) is 0 Å². The van der Waals surface area contributed by atoms with Crippen molar-refractivity contribution in [2.45, 2.75) is 45.6 Å². The minimum atomic E-state index is -0.0426. The molecule has 0 unspecified atom stereocenters. The monoisotopic (exact) mass is 391 g/mol. The van der Waals surface area contributed by atoms with E-state index in [0.29, 0.717) is 25.1 Å². The lowest BCUT2D eigenvalue weighted by atomic mass is 9.67. The molecule has 0 atom stereocenters. The molecule has 0 bridgehead atoms. The Morgan fingerprint density at radius 2 is 1.97 bits per heavy atom. The Morgan fingerprint density at radius 3 is 2.72 bits per heavy atom. The predicted molar refractivity (Wildman–Crippen MR) is 109 cm³/mol. The summed E-state index contributed by atoms with van der Waals surface area (Å²) in [6.45, 7) is 5.47. The van der Waals surface area contributed by atoms with Crippen molar-refractivity contribution in [3.8, 4) is 0 Å². The van der Waals surface area contributed by atoms with E-state index in [9.17, 15) is 9.59 Å². The van der Waals surface area contributed by atoms with Gasteiger partial charge in [0.1, 0.15) is 5.69 Å². The highest BCUT2D eigenvalue weighted by Gasteiger charge is 2.43. The number of nitrogens with zero attached hydrogens (tertiary/aromatic N) is 4. The predicted octanol–water partition coefficient (Wildman–Crippen LogP) is 3.39. The van der Waals surface area contributed by atoms with Gasteiger partial charge in [-0.1, -0.05) is 6.07 Å². The molecule has 3 aromatic rings. The van der Waals surface area contributed by atoms with Crippen molar-refractivity contribution in [2.24, 2.45) is 5.41 Å². The lowest BCUT2D eigenvalue weighted by Gasteiger charge is -2.43. The van der Waals surface area contributed by atoms with Crippen LogP contribution in [-0.4, -0.2) is 49.7 Å². The molecule has 1 aliphatic heterocycles. The Labute approximate surface area is 169 Å². The molecule has 1 saturated heterocycles. The van der Waals surface area contributed by atoms with E-state index >= 15 is 0 Å². The Bertz CT molecular complexity index is 1100. The highest BCUT2D eigenvalue weighted by Crippen LogP contribution is 2.44. The lowest BCUT2D eigenvalue weighted by molar-refractivity contribution is 0.0517. The number of likely N-dealkylation sites (tertiary alicyclic amines) is 1. The van der Waals surface area contributed by atoms with Gasteiger partial charge in [0, 0.05) is 42.1 Å². The van der Waals surface area contributed by atoms with Crippen LogP contribution in [0, 0.1) is 5.41 Å². The molecule has 150 valence electrons. The fraction of sp³-hybridized carbons (Fsp3) is 0.455. The maximum absolute atomic E-state index is 13.0. The standard InChI is InChI=1S/C22H25N5O2/c1-14(2)27-20-17(13-24-27)10-22(11-19(20)28)5-7-26(8-6-22)21(29)15-3-4-16-12-23-25-18(16)9-15/h3-4,9,12-14H,5-8,10-11H2,1-2H3,(H,23,25). The molecule has 0 radical (unpaired) electrons. The summed E-state index contributed by atoms with van der Waals surface area (Å²) in [5, 5.41) is 12.4. The van der Waals surface area contributed by atoms with E-state index < -0.39 is 0 Å². The molecule has 2 aliphatic rings. The molecule has 3 heterocycles. The Kier molecular flexibility index (Phi) is 4.08. The summed E-state index contributed by atoms with van der Waals surface area (Å²) in [6, 6.07) is 5.83. The van der Waals surface area contributed by atoms with Crippen LogP contribution in [0.3, 0.4) is 0 Å². The second kappa shape index (κ2) is 6.54. The van der Waals surface area contributed by atoms with Gasteiger partial charge in [0.25, 0.3) is 5.91 Å². The van der Waals surface area contributed by atoms with E-state index in [0.717, 1.165) is 41.4 Å². The van der Waals surface area contributed by atoms with Crippen LogP contribution in [0.15, 0.2) is 30.6 Å². The van der Waals surface area contributed by atoms with Crippen LogP contribution in [0.25, 0.3) is 10.9 Å². The van der Waals surface area contributed by atoms with Crippen LogP contribution >= 0.6 is 0 Å². The van der Waals surface area contributed by atoms with Crippen molar-refractivity contribution in [1.82, 2.24) is 24.9 Å². The number of H-pyrrole nitrogens is 1. The quantitative estimate of drug-likeness (QED) is 0.726. The van der Waals surface area contributed by atoms with Crippen molar-refractivity contribution in [1.29, 1.82) is 0 Å². The SMILES string of the molecule is CC(C)n1ncc2c1C(=O)CC1(CCN(C(=O)c3ccc4cn[nH]c4c3)CC1)C2. The van der Waals surface area contributed by atoms with Crippen molar-refractivity contribution >= 4 is 22.6 Å². The van der Waals surface area contributed by atoms with Gasteiger partial charge in [0.05, 0.1) is 17.9 Å². The van der Waals surface area contributed by atoms with Crippen molar-refractivity contribution < 1.29 is 9.59 Å². The van der Waals surface area contributed by atoms with E-state index in [1.54, 1.807) is 6.20 Å². The molecule has 1 fully saturated rings. The summed E-state index contributed by atoms with van der Waals surface area (Å²) in [7, 11) is 0. The van der Waals surface area contributed by atoms with E-state index in [4.69, 9.17) is 0 Å². The summed E-state index contributed by atoms with van der Waals surface area (Å²) in [5.74, 6) is 0.244. The van der Waals surface area contributed by atoms with Crippen LogP contribution in [-0.2, 0) is 6.42 Å². The van der Waals surface area contributed by atoms with Gasteiger partial charge in [-0.15, -0.1) is 0 Å². The summed E-state index contributed by atoms with van der Waals surface area (Å²) in [5.41, 5.74) is 3.37. The molecule has 29 heavy (non-hydrogen) atoms. The van der Waals surface area contributed by atoms with Gasteiger partial charge < -0.3 is 4.90 Å². The first-order chi connectivity index (χ1) is 14.0. The lowest BCUT2D eigenvalue weighted by Crippen LogP contribution is -2.46. The number of amides is 1. The van der Waals surface area contributed by atoms with Crippen molar-refractivity contribution in [2.75, 3.05) is 13.1 Å². The number of rotatable bonds is 2. The van der Waals surface area contributed by atoms with Gasteiger partial charge in [-0.25, -0.2) is 0 Å². The third kappa shape index (κ3) is 2.96. The number of hydrogen-bond donors (Lipinski definition) is 1. The van der Waals surface area contributed by atoms with E-state index in [1.807, 2.05) is 34.0 Å².